The van der Waals surface area contributed by atoms with Crippen molar-refractivity contribution in [2.45, 2.75) is 16.3 Å². The summed E-state index contributed by atoms with van der Waals surface area (Å²) >= 11 is 13.2. The van der Waals surface area contributed by atoms with Gasteiger partial charge in [-0.15, -0.1) is 0 Å². The fourth-order valence-electron chi connectivity index (χ4n) is 2.23. The van der Waals surface area contributed by atoms with Gasteiger partial charge >= 0.3 is 0 Å². The summed E-state index contributed by atoms with van der Waals surface area (Å²) in [4.78, 5) is 19.9. The van der Waals surface area contributed by atoms with Crippen LogP contribution in [0.25, 0.3) is 11.3 Å². The Morgan fingerprint density at radius 2 is 2.00 bits per heavy atom. The van der Waals surface area contributed by atoms with Crippen molar-refractivity contribution in [3.05, 3.63) is 40.1 Å². The highest BCUT2D eigenvalue weighted by molar-refractivity contribution is 8.01. The molecule has 1 aromatic heterocycles. The number of fused-ring (bicyclic) bond motifs is 1. The number of carbonyl (C=O) groups is 1. The molecular formula is C13H10Cl2N4OS. The first-order valence-electron chi connectivity index (χ1n) is 6.01. The molecule has 0 radical (unpaired) electrons. The summed E-state index contributed by atoms with van der Waals surface area (Å²) in [5, 5.41) is 1.01. The molecule has 21 heavy (non-hydrogen) atoms. The van der Waals surface area contributed by atoms with E-state index in [2.05, 4.69) is 9.97 Å². The van der Waals surface area contributed by atoms with E-state index < -0.39 is 17.2 Å². The van der Waals surface area contributed by atoms with Crippen LogP contribution in [-0.4, -0.2) is 21.1 Å². The molecule has 108 valence electrons. The Balaban J connectivity index is 2.13. The van der Waals surface area contributed by atoms with Gasteiger partial charge in [0.05, 0.1) is 21.8 Å². The zero-order valence-electron chi connectivity index (χ0n) is 10.6. The first kappa shape index (κ1) is 14.6. The van der Waals surface area contributed by atoms with Crippen molar-refractivity contribution in [2.75, 3.05) is 0 Å². The minimum absolute atomic E-state index is 0.423. The van der Waals surface area contributed by atoms with E-state index in [1.807, 2.05) is 0 Å². The number of aromatic nitrogens is 2. The third kappa shape index (κ3) is 2.48. The highest BCUT2D eigenvalue weighted by Gasteiger charge is 2.38. The van der Waals surface area contributed by atoms with Crippen LogP contribution in [0.15, 0.2) is 29.6 Å². The second kappa shape index (κ2) is 5.46. The molecule has 5 nitrogen and oxygen atoms in total. The maximum Gasteiger partial charge on any atom is 0.232 e. The number of primary amides is 1. The monoisotopic (exact) mass is 340 g/mol. The van der Waals surface area contributed by atoms with Crippen molar-refractivity contribution >= 4 is 40.9 Å². The van der Waals surface area contributed by atoms with Crippen LogP contribution in [0.5, 0.6) is 0 Å². The molecule has 0 saturated carbocycles. The van der Waals surface area contributed by atoms with Crippen LogP contribution in [0.3, 0.4) is 0 Å². The minimum atomic E-state index is -0.548. The van der Waals surface area contributed by atoms with Gasteiger partial charge in [0.2, 0.25) is 5.91 Å². The van der Waals surface area contributed by atoms with Crippen molar-refractivity contribution in [1.82, 2.24) is 9.97 Å². The summed E-state index contributed by atoms with van der Waals surface area (Å²) in [7, 11) is 0. The Kier molecular flexibility index (Phi) is 3.79. The topological polar surface area (TPSA) is 94.9 Å². The van der Waals surface area contributed by atoms with Crippen LogP contribution in [0.4, 0.5) is 0 Å². The highest BCUT2D eigenvalue weighted by Crippen LogP contribution is 2.45. The molecule has 4 N–H and O–H groups in total. The van der Waals surface area contributed by atoms with Crippen LogP contribution in [0.2, 0.25) is 10.0 Å². The van der Waals surface area contributed by atoms with Gasteiger partial charge in [-0.3, -0.25) is 4.79 Å². The highest BCUT2D eigenvalue weighted by atomic mass is 35.5. The van der Waals surface area contributed by atoms with Crippen LogP contribution in [0.1, 0.15) is 11.6 Å². The second-order valence-electron chi connectivity index (χ2n) is 4.54. The average molecular weight is 341 g/mol. The molecule has 0 aliphatic carbocycles. The van der Waals surface area contributed by atoms with Crippen molar-refractivity contribution in [1.29, 1.82) is 0 Å². The van der Waals surface area contributed by atoms with E-state index in [0.717, 1.165) is 5.56 Å². The number of nitrogens with zero attached hydrogens (tertiary/aromatic N) is 2. The van der Waals surface area contributed by atoms with Crippen LogP contribution in [-0.2, 0) is 4.79 Å². The van der Waals surface area contributed by atoms with Crippen LogP contribution >= 0.6 is 35.0 Å². The Morgan fingerprint density at radius 1 is 1.24 bits per heavy atom. The molecule has 0 spiro atoms. The molecule has 1 aliphatic rings. The van der Waals surface area contributed by atoms with Gasteiger partial charge in [0.1, 0.15) is 16.6 Å². The zero-order chi connectivity index (χ0) is 15.1. The van der Waals surface area contributed by atoms with E-state index in [-0.39, 0.29) is 0 Å². The molecule has 2 heterocycles. The maximum atomic E-state index is 11.5. The molecule has 1 aromatic carbocycles. The molecule has 8 heteroatoms. The van der Waals surface area contributed by atoms with Crippen molar-refractivity contribution in [3.8, 4) is 11.3 Å². The van der Waals surface area contributed by atoms with Crippen molar-refractivity contribution in [3.63, 3.8) is 0 Å². The van der Waals surface area contributed by atoms with E-state index in [9.17, 15) is 4.79 Å². The molecule has 0 bridgehead atoms. The number of halogens is 2. The second-order valence-corrected chi connectivity index (χ2v) is 6.48. The summed E-state index contributed by atoms with van der Waals surface area (Å²) in [5.41, 5.74) is 13.6. The van der Waals surface area contributed by atoms with Gasteiger partial charge in [0.15, 0.2) is 0 Å². The molecule has 0 fully saturated rings. The lowest BCUT2D eigenvalue weighted by molar-refractivity contribution is -0.117. The van der Waals surface area contributed by atoms with E-state index in [4.69, 9.17) is 34.7 Å². The first-order chi connectivity index (χ1) is 9.99. The third-order valence-corrected chi connectivity index (χ3v) is 5.29. The first-order valence-corrected chi connectivity index (χ1v) is 7.64. The molecule has 0 saturated heterocycles. The predicted molar refractivity (Wildman–Crippen MR) is 83.3 cm³/mol. The number of hydrogen-bond donors (Lipinski definition) is 2. The van der Waals surface area contributed by atoms with Crippen molar-refractivity contribution < 1.29 is 4.79 Å². The summed E-state index contributed by atoms with van der Waals surface area (Å²) in [6.07, 6.45) is 1.43. The normalized spacial score (nSPS) is 20.3. The largest absolute Gasteiger partial charge is 0.369 e. The summed E-state index contributed by atoms with van der Waals surface area (Å²) in [6.45, 7) is 0. The molecule has 2 aromatic rings. The van der Waals surface area contributed by atoms with Gasteiger partial charge in [0, 0.05) is 11.1 Å². The van der Waals surface area contributed by atoms with E-state index >= 15 is 0 Å². The molecule has 3 rings (SSSR count). The Labute approximate surface area is 135 Å². The molecule has 2 atom stereocenters. The Bertz CT molecular complexity index is 740. The number of rotatable bonds is 2. The number of thioether (sulfide) groups is 1. The lowest BCUT2D eigenvalue weighted by Crippen LogP contribution is -2.32. The minimum Gasteiger partial charge on any atom is -0.369 e. The van der Waals surface area contributed by atoms with Gasteiger partial charge in [-0.1, -0.05) is 41.0 Å². The van der Waals surface area contributed by atoms with E-state index in [1.165, 1.54) is 18.1 Å². The van der Waals surface area contributed by atoms with Crippen LogP contribution < -0.4 is 11.5 Å². The zero-order valence-corrected chi connectivity index (χ0v) is 12.9. The lowest BCUT2D eigenvalue weighted by Gasteiger charge is -2.13. The molecule has 2 unspecified atom stereocenters. The van der Waals surface area contributed by atoms with E-state index in [1.54, 1.807) is 18.2 Å². The third-order valence-electron chi connectivity index (χ3n) is 3.22. The molecular weight excluding hydrogens is 331 g/mol. The standard InChI is InChI=1S/C13H10Cl2N4OS/c14-6-2-1-5(3-7(6)15)10-8-9(16)11(12(17)20)21-13(8)19-4-18-10/h1-4,9,11H,16H2,(H2,17,20). The number of amides is 1. The fraction of sp³-hybridized carbons (Fsp3) is 0.154. The molecule has 1 amide bonds. The predicted octanol–water partition coefficient (Wildman–Crippen LogP) is 2.41. The van der Waals surface area contributed by atoms with E-state index in [0.29, 0.717) is 26.3 Å². The fourth-order valence-corrected chi connectivity index (χ4v) is 3.63. The summed E-state index contributed by atoms with van der Waals surface area (Å²) in [5.74, 6) is -0.467. The van der Waals surface area contributed by atoms with Gasteiger partial charge in [-0.05, 0) is 12.1 Å². The van der Waals surface area contributed by atoms with Gasteiger partial charge < -0.3 is 11.5 Å². The number of benzene rings is 1. The smallest absolute Gasteiger partial charge is 0.232 e. The van der Waals surface area contributed by atoms with Gasteiger partial charge in [0.25, 0.3) is 0 Å². The van der Waals surface area contributed by atoms with Crippen LogP contribution in [0, 0.1) is 0 Å². The lowest BCUT2D eigenvalue weighted by atomic mass is 10.00. The molecule has 1 aliphatic heterocycles. The Hall–Kier alpha value is -1.34. The van der Waals surface area contributed by atoms with Gasteiger partial charge in [-0.25, -0.2) is 9.97 Å². The average Bonchev–Trinajstić information content (AvgIpc) is 2.80. The number of nitrogens with two attached hydrogens (primary N) is 2. The Morgan fingerprint density at radius 3 is 2.67 bits per heavy atom. The SMILES string of the molecule is NC(=O)C1Sc2ncnc(-c3ccc(Cl)c(Cl)c3)c2C1N. The number of hydrogen-bond acceptors (Lipinski definition) is 5. The van der Waals surface area contributed by atoms with Crippen molar-refractivity contribution in [2.24, 2.45) is 11.5 Å². The van der Waals surface area contributed by atoms with Gasteiger partial charge in [-0.2, -0.15) is 0 Å². The number of carbonyl (C=O) groups excluding carboxylic acids is 1. The maximum absolute atomic E-state index is 11.5. The summed E-state index contributed by atoms with van der Waals surface area (Å²) < 4.78 is 0. The quantitative estimate of drug-likeness (QED) is 0.818. The summed E-state index contributed by atoms with van der Waals surface area (Å²) in [6, 6.07) is 4.65.